The minimum Gasteiger partial charge on any atom is -0.378 e. The van der Waals surface area contributed by atoms with Crippen molar-refractivity contribution in [3.8, 4) is 11.5 Å². The van der Waals surface area contributed by atoms with Gasteiger partial charge in [-0.15, -0.1) is 0 Å². The van der Waals surface area contributed by atoms with Crippen molar-refractivity contribution in [3.63, 3.8) is 0 Å². The monoisotopic (exact) mass is 381 g/mol. The first-order chi connectivity index (χ1) is 13.7. The largest absolute Gasteiger partial charge is 0.378 e. The van der Waals surface area contributed by atoms with Crippen LogP contribution >= 0.6 is 0 Å². The maximum atomic E-state index is 12.9. The molecule has 0 aromatic carbocycles. The number of pyridine rings is 1. The topological polar surface area (TPSA) is 71.5 Å². The van der Waals surface area contributed by atoms with E-state index in [2.05, 4.69) is 21.8 Å². The molecular weight excluding hydrogens is 354 g/mol. The number of ether oxygens (including phenoxy) is 1. The van der Waals surface area contributed by atoms with Crippen molar-refractivity contribution in [1.29, 1.82) is 0 Å². The number of aromatic nitrogens is 3. The Morgan fingerprint density at radius 1 is 1.21 bits per heavy atom. The number of amides is 1. The Balaban J connectivity index is 1.55. The van der Waals surface area contributed by atoms with Crippen LogP contribution in [0.5, 0.6) is 0 Å². The van der Waals surface area contributed by atoms with Crippen LogP contribution in [0.3, 0.4) is 0 Å². The van der Waals surface area contributed by atoms with E-state index in [9.17, 15) is 4.79 Å². The smallest absolute Gasteiger partial charge is 0.227 e. The molecule has 2 aromatic heterocycles. The molecular formula is C21H27N5O2. The predicted octanol–water partition coefficient (Wildman–Crippen LogP) is 2.18. The molecule has 4 rings (SSSR count). The number of hydrogen-bond donors (Lipinski definition) is 0. The molecule has 7 nitrogen and oxygen atoms in total. The number of hydrogen-bond acceptors (Lipinski definition) is 6. The van der Waals surface area contributed by atoms with E-state index in [1.54, 1.807) is 6.20 Å². The SMILES string of the molecule is CCc1cc(N2CCCC(C(=O)N3CCOCC3)C2)nc(-c2ccccn2)n1. The molecule has 0 spiro atoms. The normalized spacial score (nSPS) is 20.2. The highest BCUT2D eigenvalue weighted by atomic mass is 16.5. The summed E-state index contributed by atoms with van der Waals surface area (Å²) < 4.78 is 5.38. The van der Waals surface area contributed by atoms with Gasteiger partial charge < -0.3 is 14.5 Å². The Kier molecular flexibility index (Phi) is 5.81. The average molecular weight is 381 g/mol. The first-order valence-corrected chi connectivity index (χ1v) is 10.2. The van der Waals surface area contributed by atoms with Crippen molar-refractivity contribution >= 4 is 11.7 Å². The van der Waals surface area contributed by atoms with Gasteiger partial charge in [0.2, 0.25) is 5.91 Å². The Labute approximate surface area is 165 Å². The first kappa shape index (κ1) is 18.8. The van der Waals surface area contributed by atoms with E-state index in [1.165, 1.54) is 0 Å². The van der Waals surface area contributed by atoms with Crippen molar-refractivity contribution < 1.29 is 9.53 Å². The highest BCUT2D eigenvalue weighted by molar-refractivity contribution is 5.80. The zero-order valence-corrected chi connectivity index (χ0v) is 16.4. The number of aryl methyl sites for hydroxylation is 1. The molecule has 4 heterocycles. The van der Waals surface area contributed by atoms with E-state index in [-0.39, 0.29) is 11.8 Å². The molecule has 2 aromatic rings. The van der Waals surface area contributed by atoms with Crippen molar-refractivity contribution in [2.24, 2.45) is 5.92 Å². The standard InChI is InChI=1S/C21H27N5O2/c1-2-17-14-19(24-20(23-17)18-7-3-4-8-22-18)26-9-5-6-16(15-26)21(27)25-10-12-28-13-11-25/h3-4,7-8,14,16H,2,5-6,9-13,15H2,1H3. The fraction of sp³-hybridized carbons (Fsp3) is 0.524. The Morgan fingerprint density at radius 3 is 2.82 bits per heavy atom. The van der Waals surface area contributed by atoms with Gasteiger partial charge in [0, 0.05) is 44.1 Å². The second-order valence-corrected chi connectivity index (χ2v) is 7.33. The summed E-state index contributed by atoms with van der Waals surface area (Å²) in [5, 5.41) is 0. The zero-order valence-electron chi connectivity index (χ0n) is 16.4. The van der Waals surface area contributed by atoms with E-state index in [0.717, 1.165) is 43.0 Å². The van der Waals surface area contributed by atoms with Gasteiger partial charge in [-0.1, -0.05) is 13.0 Å². The minimum atomic E-state index is 0.0187. The fourth-order valence-electron chi connectivity index (χ4n) is 3.86. The number of piperidine rings is 1. The van der Waals surface area contributed by atoms with Crippen molar-refractivity contribution in [3.05, 3.63) is 36.2 Å². The van der Waals surface area contributed by atoms with Gasteiger partial charge >= 0.3 is 0 Å². The van der Waals surface area contributed by atoms with Gasteiger partial charge in [0.1, 0.15) is 11.5 Å². The molecule has 7 heteroatoms. The second-order valence-electron chi connectivity index (χ2n) is 7.33. The van der Waals surface area contributed by atoms with Crippen LogP contribution in [0.4, 0.5) is 5.82 Å². The maximum absolute atomic E-state index is 12.9. The van der Waals surface area contributed by atoms with E-state index >= 15 is 0 Å². The zero-order chi connectivity index (χ0) is 19.3. The van der Waals surface area contributed by atoms with Crippen molar-refractivity contribution in [2.75, 3.05) is 44.3 Å². The predicted molar refractivity (Wildman–Crippen MR) is 107 cm³/mol. The number of rotatable bonds is 4. The van der Waals surface area contributed by atoms with Gasteiger partial charge in [-0.3, -0.25) is 9.78 Å². The summed E-state index contributed by atoms with van der Waals surface area (Å²) in [6, 6.07) is 7.82. The fourth-order valence-corrected chi connectivity index (χ4v) is 3.86. The van der Waals surface area contributed by atoms with Crippen LogP contribution in [0, 0.1) is 5.92 Å². The molecule has 1 amide bonds. The summed E-state index contributed by atoms with van der Waals surface area (Å²) in [5.41, 5.74) is 1.77. The van der Waals surface area contributed by atoms with Crippen LogP contribution in [0.2, 0.25) is 0 Å². The van der Waals surface area contributed by atoms with E-state index in [1.807, 2.05) is 29.2 Å². The summed E-state index contributed by atoms with van der Waals surface area (Å²) in [4.78, 5) is 31.0. The number of morpholine rings is 1. The molecule has 2 aliphatic heterocycles. The van der Waals surface area contributed by atoms with Crippen molar-refractivity contribution in [2.45, 2.75) is 26.2 Å². The van der Waals surface area contributed by atoms with Crippen LogP contribution in [-0.4, -0.2) is 65.2 Å². The lowest BCUT2D eigenvalue weighted by atomic mass is 9.96. The quantitative estimate of drug-likeness (QED) is 0.808. The molecule has 0 N–H and O–H groups in total. The van der Waals surface area contributed by atoms with Crippen LogP contribution < -0.4 is 4.90 Å². The molecule has 1 atom stereocenters. The average Bonchev–Trinajstić information content (AvgIpc) is 2.79. The minimum absolute atomic E-state index is 0.0187. The van der Waals surface area contributed by atoms with Gasteiger partial charge in [-0.05, 0) is 31.4 Å². The Bertz CT molecular complexity index is 808. The first-order valence-electron chi connectivity index (χ1n) is 10.2. The number of carbonyl (C=O) groups is 1. The van der Waals surface area contributed by atoms with Crippen LogP contribution in [-0.2, 0) is 16.0 Å². The molecule has 2 fully saturated rings. The molecule has 0 bridgehead atoms. The van der Waals surface area contributed by atoms with Gasteiger partial charge in [0.05, 0.1) is 19.1 Å². The molecule has 0 radical (unpaired) electrons. The van der Waals surface area contributed by atoms with E-state index < -0.39 is 0 Å². The molecule has 2 aliphatic rings. The van der Waals surface area contributed by atoms with Crippen LogP contribution in [0.25, 0.3) is 11.5 Å². The third-order valence-electron chi connectivity index (χ3n) is 5.44. The number of carbonyl (C=O) groups excluding carboxylic acids is 1. The highest BCUT2D eigenvalue weighted by Gasteiger charge is 2.31. The van der Waals surface area contributed by atoms with Crippen LogP contribution in [0.15, 0.2) is 30.5 Å². The number of nitrogens with zero attached hydrogens (tertiary/aromatic N) is 5. The second kappa shape index (κ2) is 8.65. The maximum Gasteiger partial charge on any atom is 0.227 e. The Morgan fingerprint density at radius 2 is 2.07 bits per heavy atom. The summed E-state index contributed by atoms with van der Waals surface area (Å²) >= 11 is 0. The third-order valence-corrected chi connectivity index (χ3v) is 5.44. The van der Waals surface area contributed by atoms with E-state index in [0.29, 0.717) is 38.7 Å². The summed E-state index contributed by atoms with van der Waals surface area (Å²) in [6.07, 6.45) is 4.52. The Hall–Kier alpha value is -2.54. The summed E-state index contributed by atoms with van der Waals surface area (Å²) in [6.45, 7) is 6.39. The van der Waals surface area contributed by atoms with Crippen LogP contribution in [0.1, 0.15) is 25.5 Å². The van der Waals surface area contributed by atoms with Gasteiger partial charge in [-0.2, -0.15) is 0 Å². The lowest BCUT2D eigenvalue weighted by Crippen LogP contribution is -2.48. The number of anilines is 1. The third kappa shape index (κ3) is 4.14. The molecule has 0 saturated carbocycles. The summed E-state index contributed by atoms with van der Waals surface area (Å²) in [7, 11) is 0. The summed E-state index contributed by atoms with van der Waals surface area (Å²) in [5.74, 6) is 1.82. The molecule has 1 unspecified atom stereocenters. The molecule has 28 heavy (non-hydrogen) atoms. The lowest BCUT2D eigenvalue weighted by molar-refractivity contribution is -0.139. The van der Waals surface area contributed by atoms with Gasteiger partial charge in [0.25, 0.3) is 0 Å². The van der Waals surface area contributed by atoms with Gasteiger partial charge in [-0.25, -0.2) is 9.97 Å². The van der Waals surface area contributed by atoms with E-state index in [4.69, 9.17) is 9.72 Å². The molecule has 2 saturated heterocycles. The lowest BCUT2D eigenvalue weighted by Gasteiger charge is -2.36. The van der Waals surface area contributed by atoms with Gasteiger partial charge in [0.15, 0.2) is 5.82 Å². The highest BCUT2D eigenvalue weighted by Crippen LogP contribution is 2.26. The van der Waals surface area contributed by atoms with Crippen molar-refractivity contribution in [1.82, 2.24) is 19.9 Å². The molecule has 148 valence electrons. The molecule has 0 aliphatic carbocycles.